The van der Waals surface area contributed by atoms with E-state index in [0.29, 0.717) is 11.6 Å². The summed E-state index contributed by atoms with van der Waals surface area (Å²) in [6, 6.07) is 5.81. The molecule has 0 fully saturated rings. The molecule has 0 saturated heterocycles. The number of aliphatic carboxylic acids is 1. The van der Waals surface area contributed by atoms with Crippen LogP contribution in [0.4, 0.5) is 11.9 Å². The highest BCUT2D eigenvalue weighted by molar-refractivity contribution is 5.78. The summed E-state index contributed by atoms with van der Waals surface area (Å²) in [4.78, 5) is 36.9. The molecule has 0 radical (unpaired) electrons. The zero-order valence-corrected chi connectivity index (χ0v) is 12.6. The molecular formula is C15H15N5O3. The molecule has 2 aromatic heterocycles. The van der Waals surface area contributed by atoms with E-state index >= 15 is 0 Å². The van der Waals surface area contributed by atoms with Crippen molar-refractivity contribution in [3.05, 3.63) is 45.4 Å². The number of carboxylic acid groups (broad SMARTS) is 1. The molecule has 1 aromatic carbocycles. The molecule has 0 aliphatic heterocycles. The van der Waals surface area contributed by atoms with E-state index in [4.69, 9.17) is 5.11 Å². The third-order valence-electron chi connectivity index (χ3n) is 3.42. The second-order valence-corrected chi connectivity index (χ2v) is 5.28. The maximum absolute atomic E-state index is 12.0. The number of benzene rings is 1. The average Bonchev–Trinajstić information content (AvgIpc) is 2.84. The first-order chi connectivity index (χ1) is 10.9. The minimum absolute atomic E-state index is 0.142. The van der Waals surface area contributed by atoms with Gasteiger partial charge in [-0.05, 0) is 31.5 Å². The van der Waals surface area contributed by atoms with Crippen LogP contribution in [-0.2, 0) is 11.2 Å². The summed E-state index contributed by atoms with van der Waals surface area (Å²) in [6.45, 7) is 3.58. The van der Waals surface area contributed by atoms with E-state index in [2.05, 4.69) is 25.3 Å². The number of nitrogens with zero attached hydrogens (tertiary/aromatic N) is 2. The lowest BCUT2D eigenvalue weighted by Gasteiger charge is -2.06. The molecule has 8 heteroatoms. The van der Waals surface area contributed by atoms with Crippen LogP contribution < -0.4 is 10.9 Å². The number of H-pyrrole nitrogens is 2. The van der Waals surface area contributed by atoms with E-state index in [-0.39, 0.29) is 17.9 Å². The Morgan fingerprint density at radius 2 is 1.96 bits per heavy atom. The molecule has 0 atom stereocenters. The molecule has 4 N–H and O–H groups in total. The number of hydrogen-bond acceptors (Lipinski definition) is 5. The predicted molar refractivity (Wildman–Crippen MR) is 85.0 cm³/mol. The lowest BCUT2D eigenvalue weighted by Crippen LogP contribution is -2.21. The number of anilines is 2. The Morgan fingerprint density at radius 1 is 1.22 bits per heavy atom. The van der Waals surface area contributed by atoms with Gasteiger partial charge < -0.3 is 10.1 Å². The number of aromatic amines is 2. The molecule has 8 nitrogen and oxygen atoms in total. The fourth-order valence-corrected chi connectivity index (χ4v) is 2.32. The van der Waals surface area contributed by atoms with Crippen LogP contribution in [-0.4, -0.2) is 31.0 Å². The second kappa shape index (κ2) is 5.56. The SMILES string of the molecule is Cc1ccc2nc(Nc3nc(C)c(CC(=O)O)c(=O)[nH]3)[nH]c2c1. The normalized spacial score (nSPS) is 10.9. The monoisotopic (exact) mass is 313 g/mol. The first-order valence-corrected chi connectivity index (χ1v) is 6.97. The predicted octanol–water partition coefficient (Wildman–Crippen LogP) is 1.63. The maximum atomic E-state index is 12.0. The summed E-state index contributed by atoms with van der Waals surface area (Å²) in [5.74, 6) is -0.426. The second-order valence-electron chi connectivity index (χ2n) is 5.28. The Morgan fingerprint density at radius 3 is 2.65 bits per heavy atom. The lowest BCUT2D eigenvalue weighted by molar-refractivity contribution is -0.136. The summed E-state index contributed by atoms with van der Waals surface area (Å²) >= 11 is 0. The average molecular weight is 313 g/mol. The molecule has 2 heterocycles. The fourth-order valence-electron chi connectivity index (χ4n) is 2.32. The number of rotatable bonds is 4. The summed E-state index contributed by atoms with van der Waals surface area (Å²) in [5, 5.41) is 11.7. The van der Waals surface area contributed by atoms with Gasteiger partial charge in [-0.3, -0.25) is 19.9 Å². The van der Waals surface area contributed by atoms with Crippen LogP contribution in [0.25, 0.3) is 11.0 Å². The third kappa shape index (κ3) is 3.05. The Kier molecular flexibility index (Phi) is 3.57. The first-order valence-electron chi connectivity index (χ1n) is 6.97. The van der Waals surface area contributed by atoms with Crippen LogP contribution >= 0.6 is 0 Å². The van der Waals surface area contributed by atoms with Crippen molar-refractivity contribution < 1.29 is 9.90 Å². The molecule has 0 aliphatic carbocycles. The third-order valence-corrected chi connectivity index (χ3v) is 3.42. The zero-order chi connectivity index (χ0) is 16.6. The number of carboxylic acids is 1. The lowest BCUT2D eigenvalue weighted by atomic mass is 10.2. The number of aryl methyl sites for hydroxylation is 2. The van der Waals surface area contributed by atoms with Gasteiger partial charge in [0.15, 0.2) is 0 Å². The van der Waals surface area contributed by atoms with E-state index in [9.17, 15) is 9.59 Å². The standard InChI is InChI=1S/C15H15N5O3/c1-7-3-4-10-11(5-7)18-15(17-10)20-14-16-8(2)9(6-12(21)22)13(23)19-14/h3-5H,6H2,1-2H3,(H,21,22)(H3,16,17,18,19,20,23). The van der Waals surface area contributed by atoms with Crippen molar-refractivity contribution in [3.8, 4) is 0 Å². The highest BCUT2D eigenvalue weighted by Crippen LogP contribution is 2.17. The quantitative estimate of drug-likeness (QED) is 0.580. The van der Waals surface area contributed by atoms with Crippen molar-refractivity contribution in [1.82, 2.24) is 19.9 Å². The van der Waals surface area contributed by atoms with Crippen LogP contribution in [0.1, 0.15) is 16.8 Å². The number of imidazole rings is 1. The number of aromatic nitrogens is 4. The molecule has 0 spiro atoms. The molecule has 23 heavy (non-hydrogen) atoms. The molecule has 0 saturated carbocycles. The molecule has 118 valence electrons. The Bertz CT molecular complexity index is 957. The Hall–Kier alpha value is -3.16. The van der Waals surface area contributed by atoms with E-state index in [0.717, 1.165) is 16.6 Å². The summed E-state index contributed by atoms with van der Waals surface area (Å²) in [7, 11) is 0. The number of carbonyl (C=O) groups is 1. The number of nitrogens with one attached hydrogen (secondary N) is 3. The topological polar surface area (TPSA) is 124 Å². The molecule has 0 aliphatic rings. The smallest absolute Gasteiger partial charge is 0.308 e. The van der Waals surface area contributed by atoms with E-state index in [1.807, 2.05) is 25.1 Å². The van der Waals surface area contributed by atoms with Crippen LogP contribution in [0, 0.1) is 13.8 Å². The van der Waals surface area contributed by atoms with Crippen molar-refractivity contribution in [2.45, 2.75) is 20.3 Å². The molecule has 0 amide bonds. The molecule has 0 bridgehead atoms. The van der Waals surface area contributed by atoms with Gasteiger partial charge in [-0.2, -0.15) is 0 Å². The van der Waals surface area contributed by atoms with Crippen molar-refractivity contribution in [3.63, 3.8) is 0 Å². The van der Waals surface area contributed by atoms with Crippen LogP contribution in [0.3, 0.4) is 0 Å². The molecule has 0 unspecified atom stereocenters. The number of hydrogen-bond donors (Lipinski definition) is 4. The van der Waals surface area contributed by atoms with Crippen LogP contribution in [0.2, 0.25) is 0 Å². The van der Waals surface area contributed by atoms with Crippen LogP contribution in [0.5, 0.6) is 0 Å². The molecule has 3 aromatic rings. The van der Waals surface area contributed by atoms with Gasteiger partial charge in [-0.1, -0.05) is 6.07 Å². The van der Waals surface area contributed by atoms with Crippen molar-refractivity contribution in [2.75, 3.05) is 5.32 Å². The molecule has 3 rings (SSSR count). The van der Waals surface area contributed by atoms with Gasteiger partial charge in [0.1, 0.15) is 0 Å². The van der Waals surface area contributed by atoms with Gasteiger partial charge in [0.2, 0.25) is 11.9 Å². The summed E-state index contributed by atoms with van der Waals surface area (Å²) in [5.41, 5.74) is 2.80. The van der Waals surface area contributed by atoms with Gasteiger partial charge in [-0.15, -0.1) is 0 Å². The van der Waals surface area contributed by atoms with Crippen molar-refractivity contribution >= 4 is 28.9 Å². The summed E-state index contributed by atoms with van der Waals surface area (Å²) < 4.78 is 0. The highest BCUT2D eigenvalue weighted by Gasteiger charge is 2.12. The largest absolute Gasteiger partial charge is 0.481 e. The van der Waals surface area contributed by atoms with Gasteiger partial charge in [-0.25, -0.2) is 9.97 Å². The van der Waals surface area contributed by atoms with E-state index in [1.165, 1.54) is 0 Å². The Balaban J connectivity index is 1.92. The number of fused-ring (bicyclic) bond motifs is 1. The minimum Gasteiger partial charge on any atom is -0.481 e. The minimum atomic E-state index is -1.08. The van der Waals surface area contributed by atoms with Crippen molar-refractivity contribution in [2.24, 2.45) is 0 Å². The van der Waals surface area contributed by atoms with E-state index in [1.54, 1.807) is 6.92 Å². The Labute approximate surface area is 130 Å². The van der Waals surface area contributed by atoms with Crippen molar-refractivity contribution in [1.29, 1.82) is 0 Å². The fraction of sp³-hybridized carbons (Fsp3) is 0.200. The highest BCUT2D eigenvalue weighted by atomic mass is 16.4. The summed E-state index contributed by atoms with van der Waals surface area (Å²) in [6.07, 6.45) is -0.363. The van der Waals surface area contributed by atoms with E-state index < -0.39 is 11.5 Å². The van der Waals surface area contributed by atoms with Gasteiger partial charge >= 0.3 is 5.97 Å². The van der Waals surface area contributed by atoms with Gasteiger partial charge in [0.25, 0.3) is 5.56 Å². The van der Waals surface area contributed by atoms with Gasteiger partial charge in [0.05, 0.1) is 23.1 Å². The van der Waals surface area contributed by atoms with Gasteiger partial charge in [0, 0.05) is 5.56 Å². The zero-order valence-electron chi connectivity index (χ0n) is 12.6. The molecular weight excluding hydrogens is 298 g/mol. The maximum Gasteiger partial charge on any atom is 0.308 e. The van der Waals surface area contributed by atoms with Crippen LogP contribution in [0.15, 0.2) is 23.0 Å². The first kappa shape index (κ1) is 14.8.